The molecule has 5 heteroatoms. The molecular formula is C33H30IrN2SSi-2. The van der Waals surface area contributed by atoms with Gasteiger partial charge in [-0.05, 0) is 52.4 Å². The van der Waals surface area contributed by atoms with E-state index in [-0.39, 0.29) is 25.7 Å². The van der Waals surface area contributed by atoms with E-state index >= 15 is 0 Å². The zero-order valence-electron chi connectivity index (χ0n) is 24.8. The number of hydrogen-bond donors (Lipinski definition) is 0. The smallest absolute Gasteiger partial charge is 0.0776 e. The summed E-state index contributed by atoms with van der Waals surface area (Å²) in [7, 11) is -1.37. The molecule has 0 bridgehead atoms. The van der Waals surface area contributed by atoms with Crippen molar-refractivity contribution >= 4 is 44.8 Å². The molecule has 193 valence electrons. The summed E-state index contributed by atoms with van der Waals surface area (Å²) in [5.41, 5.74) is 5.15. The van der Waals surface area contributed by atoms with Crippen molar-refractivity contribution < 1.29 is 24.2 Å². The van der Waals surface area contributed by atoms with Crippen LogP contribution < -0.4 is 5.19 Å². The van der Waals surface area contributed by atoms with Gasteiger partial charge in [0.25, 0.3) is 0 Å². The standard InChI is InChI=1S/C21H20NSSi.C12H10N.Ir/c1-14-8-11-19(22-13-14)18-7-5-6-17-16-10-9-15(24(2,3)4)12-20(16)23-21(17)18;1-10-7-8-12(13-9-10)11-5-3-2-4-6-11;/h5-6,8-13H,1-4H3;2-5,7-9H,1H3;/q2*-1;/i1D3;;. The second-order valence-electron chi connectivity index (χ2n) is 10.1. The molecule has 0 amide bonds. The number of thiophene rings is 1. The number of pyridine rings is 2. The van der Waals surface area contributed by atoms with E-state index in [2.05, 4.69) is 72.1 Å². The van der Waals surface area contributed by atoms with Gasteiger partial charge in [-0.15, -0.1) is 59.7 Å². The summed E-state index contributed by atoms with van der Waals surface area (Å²) in [5, 5.41) is 3.91. The molecule has 0 N–H and O–H groups in total. The summed E-state index contributed by atoms with van der Waals surface area (Å²) >= 11 is 1.76. The fourth-order valence-electron chi connectivity index (χ4n) is 4.12. The number of benzene rings is 3. The number of aryl methyl sites for hydroxylation is 2. The molecule has 6 aromatic rings. The third-order valence-corrected chi connectivity index (χ3v) is 9.44. The van der Waals surface area contributed by atoms with Crippen LogP contribution in [-0.4, -0.2) is 18.0 Å². The fraction of sp³-hybridized carbons (Fsp3) is 0.152. The van der Waals surface area contributed by atoms with Gasteiger partial charge in [0.05, 0.1) is 8.07 Å². The molecule has 0 saturated carbocycles. The maximum Gasteiger partial charge on any atom is 0.0776 e. The van der Waals surface area contributed by atoms with Crippen molar-refractivity contribution in [3.05, 3.63) is 115 Å². The largest absolute Gasteiger partial charge is 0.304 e. The number of fused-ring (bicyclic) bond motifs is 3. The summed E-state index contributed by atoms with van der Waals surface area (Å²) in [6.07, 6.45) is 3.32. The van der Waals surface area contributed by atoms with Gasteiger partial charge in [0.15, 0.2) is 0 Å². The predicted molar refractivity (Wildman–Crippen MR) is 162 cm³/mol. The monoisotopic (exact) mass is 710 g/mol. The molecule has 2 nitrogen and oxygen atoms in total. The van der Waals surface area contributed by atoms with Crippen LogP contribution in [0.15, 0.2) is 91.3 Å². The Morgan fingerprint density at radius 3 is 2.21 bits per heavy atom. The van der Waals surface area contributed by atoms with Crippen LogP contribution in [0.1, 0.15) is 15.2 Å². The molecule has 1 radical (unpaired) electrons. The van der Waals surface area contributed by atoms with E-state index in [4.69, 9.17) is 4.11 Å². The van der Waals surface area contributed by atoms with Crippen molar-refractivity contribution in [1.29, 1.82) is 0 Å². The van der Waals surface area contributed by atoms with Crippen molar-refractivity contribution in [2.75, 3.05) is 0 Å². The van der Waals surface area contributed by atoms with E-state index < -0.39 is 14.9 Å². The molecule has 0 aliphatic carbocycles. The number of rotatable bonds is 3. The summed E-state index contributed by atoms with van der Waals surface area (Å²) in [6, 6.07) is 32.7. The molecule has 6 rings (SSSR count). The molecule has 0 aliphatic rings. The summed E-state index contributed by atoms with van der Waals surface area (Å²) in [5.74, 6) is 0. The van der Waals surface area contributed by atoms with Crippen molar-refractivity contribution in [2.24, 2.45) is 0 Å². The molecule has 3 aromatic carbocycles. The fourth-order valence-corrected chi connectivity index (χ4v) is 6.63. The number of aromatic nitrogens is 2. The second-order valence-corrected chi connectivity index (χ2v) is 16.2. The van der Waals surface area contributed by atoms with Crippen LogP contribution in [0.3, 0.4) is 0 Å². The molecule has 0 aliphatic heterocycles. The van der Waals surface area contributed by atoms with Gasteiger partial charge in [-0.3, -0.25) is 0 Å². The average Bonchev–Trinajstić information content (AvgIpc) is 3.32. The molecule has 0 saturated heterocycles. The minimum atomic E-state index is -2.13. The zero-order valence-corrected chi connectivity index (χ0v) is 26.0. The quantitative estimate of drug-likeness (QED) is 0.136. The second kappa shape index (κ2) is 11.8. The van der Waals surface area contributed by atoms with Gasteiger partial charge in [-0.2, -0.15) is 11.3 Å². The zero-order chi connectivity index (χ0) is 28.5. The Hall–Kier alpha value is -2.95. The number of nitrogens with zero attached hydrogens (tertiary/aromatic N) is 2. The Kier molecular flexibility index (Phi) is 7.51. The molecule has 0 unspecified atom stereocenters. The normalized spacial score (nSPS) is 12.6. The van der Waals surface area contributed by atoms with Gasteiger partial charge in [-0.25, -0.2) is 0 Å². The van der Waals surface area contributed by atoms with Gasteiger partial charge >= 0.3 is 0 Å². The average molecular weight is 710 g/mol. The van der Waals surface area contributed by atoms with Gasteiger partial charge in [0, 0.05) is 41.3 Å². The van der Waals surface area contributed by atoms with Crippen LogP contribution in [0.2, 0.25) is 19.6 Å². The van der Waals surface area contributed by atoms with Crippen LogP contribution in [0.25, 0.3) is 42.7 Å². The Balaban J connectivity index is 0.000000233. The summed E-state index contributed by atoms with van der Waals surface area (Å²) in [4.78, 5) is 8.73. The van der Waals surface area contributed by atoms with E-state index in [0.717, 1.165) is 27.2 Å². The van der Waals surface area contributed by atoms with Gasteiger partial charge in [0.2, 0.25) is 0 Å². The first-order valence-electron chi connectivity index (χ1n) is 13.7. The van der Waals surface area contributed by atoms with Crippen LogP contribution in [-0.2, 0) is 20.1 Å². The Morgan fingerprint density at radius 1 is 0.789 bits per heavy atom. The molecule has 3 heterocycles. The summed E-state index contributed by atoms with van der Waals surface area (Å²) < 4.78 is 25.0. The Morgan fingerprint density at radius 2 is 1.55 bits per heavy atom. The van der Waals surface area contributed by atoms with E-state index in [1.807, 2.05) is 49.5 Å². The van der Waals surface area contributed by atoms with Crippen molar-refractivity contribution in [3.8, 4) is 22.5 Å². The minimum absolute atomic E-state index is 0. The van der Waals surface area contributed by atoms with Crippen molar-refractivity contribution in [3.63, 3.8) is 0 Å². The third-order valence-electron chi connectivity index (χ3n) is 6.22. The molecular weight excluding hydrogens is 677 g/mol. The van der Waals surface area contributed by atoms with Crippen molar-refractivity contribution in [2.45, 2.75) is 33.4 Å². The number of hydrogen-bond acceptors (Lipinski definition) is 3. The van der Waals surface area contributed by atoms with E-state index in [9.17, 15) is 0 Å². The van der Waals surface area contributed by atoms with Crippen LogP contribution in [0.5, 0.6) is 0 Å². The third kappa shape index (κ3) is 6.19. The maximum absolute atomic E-state index is 7.51. The Bertz CT molecular complexity index is 1760. The first kappa shape index (κ1) is 24.1. The maximum atomic E-state index is 7.51. The SMILES string of the molecule is Cc1ccc(-c2[c-]cccc2)nc1.[2H]C([2H])([2H])c1ccc(-c2[c-]ccc3c2sc2cc([Si](C)(C)C)ccc23)nc1.[Ir]. The molecule has 3 aromatic heterocycles. The minimum Gasteiger partial charge on any atom is -0.304 e. The van der Waals surface area contributed by atoms with Crippen molar-refractivity contribution in [1.82, 2.24) is 9.97 Å². The molecule has 38 heavy (non-hydrogen) atoms. The molecule has 0 spiro atoms. The molecule has 0 atom stereocenters. The van der Waals surface area contributed by atoms with Gasteiger partial charge < -0.3 is 9.97 Å². The van der Waals surface area contributed by atoms with E-state index in [0.29, 0.717) is 0 Å². The Labute approximate surface area is 248 Å². The van der Waals surface area contributed by atoms with Crippen LogP contribution >= 0.6 is 11.3 Å². The van der Waals surface area contributed by atoms with Crippen LogP contribution in [0, 0.1) is 25.9 Å². The molecule has 0 fully saturated rings. The van der Waals surface area contributed by atoms with E-state index in [1.54, 1.807) is 23.5 Å². The summed E-state index contributed by atoms with van der Waals surface area (Å²) in [6.45, 7) is 6.98. The predicted octanol–water partition coefficient (Wildman–Crippen LogP) is 8.63. The van der Waals surface area contributed by atoms with Gasteiger partial charge in [0.1, 0.15) is 0 Å². The first-order valence-corrected chi connectivity index (χ1v) is 16.6. The van der Waals surface area contributed by atoms with Gasteiger partial charge in [-0.1, -0.05) is 66.6 Å². The van der Waals surface area contributed by atoms with Crippen LogP contribution in [0.4, 0.5) is 0 Å². The van der Waals surface area contributed by atoms with E-state index in [1.165, 1.54) is 32.4 Å². The first-order chi connectivity index (χ1) is 19.0. The topological polar surface area (TPSA) is 25.8 Å².